The number of aromatic nitrogens is 1. The van der Waals surface area contributed by atoms with Crippen LogP contribution in [0.25, 0.3) is 0 Å². The van der Waals surface area contributed by atoms with E-state index in [-0.39, 0.29) is 17.4 Å². The van der Waals surface area contributed by atoms with Gasteiger partial charge in [0.15, 0.2) is 0 Å². The minimum atomic E-state index is -4.43. The fourth-order valence-electron chi connectivity index (χ4n) is 1.51. The number of carbonyl (C=O) groups is 1. The van der Waals surface area contributed by atoms with E-state index in [0.29, 0.717) is 12.8 Å². The molecular weight excluding hydrogens is 281 g/mol. The predicted molar refractivity (Wildman–Crippen MR) is 66.1 cm³/mol. The van der Waals surface area contributed by atoms with Gasteiger partial charge in [0.2, 0.25) is 0 Å². The maximum atomic E-state index is 12.4. The first-order valence-corrected chi connectivity index (χ1v) is 6.20. The molecular formula is C12H14ClF3N2O. The largest absolute Gasteiger partial charge is 0.406 e. The molecule has 0 fully saturated rings. The lowest BCUT2D eigenvalue weighted by Crippen LogP contribution is -2.40. The van der Waals surface area contributed by atoms with Crippen LogP contribution in [0.1, 0.15) is 30.3 Å². The summed E-state index contributed by atoms with van der Waals surface area (Å²) < 4.78 is 37.3. The first-order chi connectivity index (χ1) is 8.83. The minimum absolute atomic E-state index is 0.0447. The Morgan fingerprint density at radius 3 is 2.63 bits per heavy atom. The molecule has 0 saturated heterocycles. The Morgan fingerprint density at radius 1 is 1.42 bits per heavy atom. The first-order valence-electron chi connectivity index (χ1n) is 5.82. The van der Waals surface area contributed by atoms with E-state index in [1.165, 1.54) is 18.2 Å². The van der Waals surface area contributed by atoms with Gasteiger partial charge in [-0.2, -0.15) is 13.2 Å². The summed E-state index contributed by atoms with van der Waals surface area (Å²) in [7, 11) is 0. The topological polar surface area (TPSA) is 33.2 Å². The molecule has 0 unspecified atom stereocenters. The fourth-order valence-corrected chi connectivity index (χ4v) is 1.67. The van der Waals surface area contributed by atoms with Crippen LogP contribution < -0.4 is 0 Å². The molecule has 0 spiro atoms. The summed E-state index contributed by atoms with van der Waals surface area (Å²) >= 11 is 5.63. The summed E-state index contributed by atoms with van der Waals surface area (Å²) in [6.07, 6.45) is -3.23. The van der Waals surface area contributed by atoms with E-state index in [1.807, 2.05) is 6.92 Å². The van der Waals surface area contributed by atoms with Crippen molar-refractivity contribution in [3.05, 3.63) is 29.0 Å². The molecule has 1 heterocycles. The lowest BCUT2D eigenvalue weighted by Gasteiger charge is -2.23. The van der Waals surface area contributed by atoms with Crippen LogP contribution in [0.5, 0.6) is 0 Å². The quantitative estimate of drug-likeness (QED) is 0.778. The number of carbonyl (C=O) groups excluding carboxylic acids is 1. The van der Waals surface area contributed by atoms with E-state index in [0.717, 1.165) is 4.90 Å². The maximum absolute atomic E-state index is 12.4. The van der Waals surface area contributed by atoms with Gasteiger partial charge < -0.3 is 4.90 Å². The van der Waals surface area contributed by atoms with Crippen molar-refractivity contribution in [1.82, 2.24) is 9.88 Å². The number of amides is 1. The third-order valence-corrected chi connectivity index (χ3v) is 2.58. The van der Waals surface area contributed by atoms with Gasteiger partial charge in [0.05, 0.1) is 0 Å². The third-order valence-electron chi connectivity index (χ3n) is 2.37. The van der Waals surface area contributed by atoms with Crippen LogP contribution in [-0.4, -0.2) is 35.1 Å². The maximum Gasteiger partial charge on any atom is 0.406 e. The second kappa shape index (κ2) is 6.75. The van der Waals surface area contributed by atoms with E-state index >= 15 is 0 Å². The highest BCUT2D eigenvalue weighted by Gasteiger charge is 2.33. The van der Waals surface area contributed by atoms with Gasteiger partial charge in [-0.25, -0.2) is 4.98 Å². The molecule has 106 valence electrons. The Balaban J connectivity index is 2.87. The van der Waals surface area contributed by atoms with Gasteiger partial charge in [-0.05, 0) is 18.6 Å². The average Bonchev–Trinajstić information content (AvgIpc) is 2.32. The molecule has 0 bridgehead atoms. The van der Waals surface area contributed by atoms with Crippen LogP contribution in [0.4, 0.5) is 13.2 Å². The Bertz CT molecular complexity index is 437. The SMILES string of the molecule is CCCCN(CC(F)(F)F)C(=O)c1cccc(Cl)n1. The van der Waals surface area contributed by atoms with E-state index in [9.17, 15) is 18.0 Å². The number of rotatable bonds is 5. The van der Waals surface area contributed by atoms with Crippen LogP contribution in [0.3, 0.4) is 0 Å². The highest BCUT2D eigenvalue weighted by molar-refractivity contribution is 6.29. The summed E-state index contributed by atoms with van der Waals surface area (Å²) in [5, 5.41) is 0.0771. The lowest BCUT2D eigenvalue weighted by atomic mass is 10.2. The monoisotopic (exact) mass is 294 g/mol. The first kappa shape index (κ1) is 15.8. The number of unbranched alkanes of at least 4 members (excludes halogenated alkanes) is 1. The average molecular weight is 295 g/mol. The zero-order valence-electron chi connectivity index (χ0n) is 10.4. The summed E-state index contributed by atoms with van der Waals surface area (Å²) in [5.74, 6) is -0.756. The van der Waals surface area contributed by atoms with E-state index in [2.05, 4.69) is 4.98 Å². The van der Waals surface area contributed by atoms with Gasteiger partial charge in [0.1, 0.15) is 17.4 Å². The minimum Gasteiger partial charge on any atom is -0.328 e. The fraction of sp³-hybridized carbons (Fsp3) is 0.500. The molecule has 3 nitrogen and oxygen atoms in total. The molecule has 1 rings (SSSR count). The Labute approximate surface area is 114 Å². The summed E-state index contributed by atoms with van der Waals surface area (Å²) in [5.41, 5.74) is -0.0761. The van der Waals surface area contributed by atoms with Gasteiger partial charge in [0, 0.05) is 6.54 Å². The molecule has 7 heteroatoms. The second-order valence-corrected chi connectivity index (χ2v) is 4.43. The van der Waals surface area contributed by atoms with Gasteiger partial charge in [-0.15, -0.1) is 0 Å². The van der Waals surface area contributed by atoms with E-state index < -0.39 is 18.6 Å². The van der Waals surface area contributed by atoms with Gasteiger partial charge in [-0.3, -0.25) is 4.79 Å². The molecule has 0 aliphatic heterocycles. The van der Waals surface area contributed by atoms with Crippen LogP contribution in [-0.2, 0) is 0 Å². The second-order valence-electron chi connectivity index (χ2n) is 4.04. The van der Waals surface area contributed by atoms with Crippen molar-refractivity contribution in [3.8, 4) is 0 Å². The van der Waals surface area contributed by atoms with Crippen molar-refractivity contribution in [2.24, 2.45) is 0 Å². The molecule has 0 aliphatic rings. The number of alkyl halides is 3. The van der Waals surface area contributed by atoms with Crippen LogP contribution in [0, 0.1) is 0 Å². The van der Waals surface area contributed by atoms with Crippen molar-refractivity contribution >= 4 is 17.5 Å². The number of pyridine rings is 1. The molecule has 1 aromatic heterocycles. The highest BCUT2D eigenvalue weighted by atomic mass is 35.5. The van der Waals surface area contributed by atoms with Gasteiger partial charge >= 0.3 is 6.18 Å². The van der Waals surface area contributed by atoms with Crippen molar-refractivity contribution in [2.45, 2.75) is 25.9 Å². The van der Waals surface area contributed by atoms with Crippen molar-refractivity contribution in [1.29, 1.82) is 0 Å². The van der Waals surface area contributed by atoms with Gasteiger partial charge in [-0.1, -0.05) is 31.0 Å². The third kappa shape index (κ3) is 5.46. The van der Waals surface area contributed by atoms with Gasteiger partial charge in [0.25, 0.3) is 5.91 Å². The van der Waals surface area contributed by atoms with Crippen LogP contribution in [0.2, 0.25) is 5.15 Å². The van der Waals surface area contributed by atoms with E-state index in [4.69, 9.17) is 11.6 Å². The predicted octanol–water partition coefficient (Wildman–Crippen LogP) is 3.54. The molecule has 1 amide bonds. The molecule has 0 saturated carbocycles. The van der Waals surface area contributed by atoms with E-state index in [1.54, 1.807) is 0 Å². The number of hydrogen-bond donors (Lipinski definition) is 0. The summed E-state index contributed by atoms with van der Waals surface area (Å²) in [6, 6.07) is 4.29. The summed E-state index contributed by atoms with van der Waals surface area (Å²) in [6.45, 7) is 0.608. The number of nitrogens with zero attached hydrogens (tertiary/aromatic N) is 2. The lowest BCUT2D eigenvalue weighted by molar-refractivity contribution is -0.140. The van der Waals surface area contributed by atoms with Crippen LogP contribution in [0.15, 0.2) is 18.2 Å². The Kier molecular flexibility index (Phi) is 5.60. The standard InChI is InChI=1S/C12H14ClF3N2O/c1-2-3-7-18(8-12(14,15)16)11(19)9-5-4-6-10(13)17-9/h4-6H,2-3,7-8H2,1H3. The molecule has 0 atom stereocenters. The molecule has 1 aromatic rings. The van der Waals surface area contributed by atoms with Crippen molar-refractivity contribution in [2.75, 3.05) is 13.1 Å². The zero-order chi connectivity index (χ0) is 14.5. The smallest absolute Gasteiger partial charge is 0.328 e. The molecule has 0 aliphatic carbocycles. The summed E-state index contributed by atoms with van der Waals surface area (Å²) in [4.78, 5) is 16.5. The zero-order valence-corrected chi connectivity index (χ0v) is 11.1. The number of halogens is 4. The Morgan fingerprint density at radius 2 is 2.11 bits per heavy atom. The van der Waals surface area contributed by atoms with Crippen LogP contribution >= 0.6 is 11.6 Å². The highest BCUT2D eigenvalue weighted by Crippen LogP contribution is 2.18. The number of hydrogen-bond acceptors (Lipinski definition) is 2. The molecule has 19 heavy (non-hydrogen) atoms. The Hall–Kier alpha value is -1.30. The van der Waals surface area contributed by atoms with Crippen molar-refractivity contribution in [3.63, 3.8) is 0 Å². The molecule has 0 radical (unpaired) electrons. The normalized spacial score (nSPS) is 11.4. The molecule has 0 aromatic carbocycles. The molecule has 0 N–H and O–H groups in total. The van der Waals surface area contributed by atoms with Crippen molar-refractivity contribution < 1.29 is 18.0 Å².